The van der Waals surface area contributed by atoms with Gasteiger partial charge in [-0.25, -0.2) is 0 Å². The first-order valence-corrected chi connectivity index (χ1v) is 5.66. The van der Waals surface area contributed by atoms with Crippen molar-refractivity contribution in [1.82, 2.24) is 0 Å². The van der Waals surface area contributed by atoms with Gasteiger partial charge in [-0.15, -0.1) is 0 Å². The van der Waals surface area contributed by atoms with Crippen molar-refractivity contribution < 1.29 is 4.79 Å². The molecule has 0 aliphatic heterocycles. The summed E-state index contributed by atoms with van der Waals surface area (Å²) in [6.07, 6.45) is 1.25. The second kappa shape index (κ2) is 5.67. The molecule has 0 radical (unpaired) electrons. The Hall–Kier alpha value is -1.14. The van der Waals surface area contributed by atoms with Gasteiger partial charge in [0.1, 0.15) is 5.92 Å². The van der Waals surface area contributed by atoms with Crippen molar-refractivity contribution in [2.24, 2.45) is 0 Å². The van der Waals surface area contributed by atoms with E-state index in [-0.39, 0.29) is 5.78 Å². The molecule has 0 saturated heterocycles. The van der Waals surface area contributed by atoms with E-state index in [4.69, 9.17) is 5.26 Å². The van der Waals surface area contributed by atoms with Crippen LogP contribution in [0.5, 0.6) is 0 Å². The second-order valence-corrected chi connectivity index (χ2v) is 4.25. The quantitative estimate of drug-likeness (QED) is 0.837. The molecule has 2 nitrogen and oxygen atoms in total. The van der Waals surface area contributed by atoms with Gasteiger partial charge in [0.2, 0.25) is 0 Å². The number of Topliss-reactive ketones (excluding diaryl/α,β-unsaturated/α-hetero) is 1. The predicted molar refractivity (Wildman–Crippen MR) is 62.4 cm³/mol. The summed E-state index contributed by atoms with van der Waals surface area (Å²) in [4.78, 5) is 11.6. The summed E-state index contributed by atoms with van der Waals surface area (Å²) in [6.45, 7) is 1.94. The van der Waals surface area contributed by atoms with Crippen LogP contribution in [0.25, 0.3) is 0 Å². The molecule has 0 spiro atoms. The van der Waals surface area contributed by atoms with Gasteiger partial charge in [0.25, 0.3) is 0 Å². The van der Waals surface area contributed by atoms with Crippen LogP contribution >= 0.6 is 15.9 Å². The Morgan fingerprint density at radius 1 is 1.60 bits per heavy atom. The molecular weight excluding hydrogens is 254 g/mol. The van der Waals surface area contributed by atoms with Crippen molar-refractivity contribution in [3.63, 3.8) is 0 Å². The molecule has 1 rings (SSSR count). The lowest BCUT2D eigenvalue weighted by Gasteiger charge is -2.07. The number of carbonyl (C=O) groups excluding carboxylic acids is 1. The van der Waals surface area contributed by atoms with E-state index in [9.17, 15) is 4.79 Å². The van der Waals surface area contributed by atoms with Crippen LogP contribution in [-0.2, 0) is 4.79 Å². The highest BCUT2D eigenvalue weighted by Crippen LogP contribution is 2.21. The largest absolute Gasteiger partial charge is 0.298 e. The molecule has 0 aliphatic rings. The zero-order chi connectivity index (χ0) is 11.3. The van der Waals surface area contributed by atoms with E-state index in [0.717, 1.165) is 16.5 Å². The smallest absolute Gasteiger partial charge is 0.154 e. The van der Waals surface area contributed by atoms with E-state index in [0.29, 0.717) is 6.42 Å². The van der Waals surface area contributed by atoms with Gasteiger partial charge in [0.15, 0.2) is 5.78 Å². The molecule has 1 unspecified atom stereocenters. The summed E-state index contributed by atoms with van der Waals surface area (Å²) in [5.74, 6) is -0.624. The van der Waals surface area contributed by atoms with Crippen molar-refractivity contribution in [1.29, 1.82) is 5.26 Å². The molecule has 0 heterocycles. The van der Waals surface area contributed by atoms with E-state index in [1.54, 1.807) is 0 Å². The van der Waals surface area contributed by atoms with Crippen molar-refractivity contribution in [2.75, 3.05) is 0 Å². The van der Waals surface area contributed by atoms with Crippen molar-refractivity contribution >= 4 is 21.7 Å². The molecule has 0 fully saturated rings. The molecular formula is C12H12BrNO. The number of rotatable bonds is 4. The number of hydrogen-bond acceptors (Lipinski definition) is 2. The van der Waals surface area contributed by atoms with Crippen LogP contribution < -0.4 is 0 Å². The minimum Gasteiger partial charge on any atom is -0.298 e. The van der Waals surface area contributed by atoms with Crippen LogP contribution in [-0.4, -0.2) is 5.78 Å². The fourth-order valence-corrected chi connectivity index (χ4v) is 1.83. The Morgan fingerprint density at radius 3 is 2.87 bits per heavy atom. The fourth-order valence-electron chi connectivity index (χ4n) is 1.41. The number of halogens is 1. The SMILES string of the molecule is CCCC(=O)C(C#N)c1cccc(Br)c1. The molecule has 1 aromatic carbocycles. The van der Waals surface area contributed by atoms with E-state index in [2.05, 4.69) is 22.0 Å². The number of carbonyl (C=O) groups is 1. The normalized spacial score (nSPS) is 11.8. The minimum absolute atomic E-state index is 0.00176. The van der Waals surface area contributed by atoms with E-state index < -0.39 is 5.92 Å². The van der Waals surface area contributed by atoms with Crippen LogP contribution in [0.4, 0.5) is 0 Å². The number of ketones is 1. The summed E-state index contributed by atoms with van der Waals surface area (Å²) in [5.41, 5.74) is 0.769. The first kappa shape index (κ1) is 11.9. The number of hydrogen-bond donors (Lipinski definition) is 0. The maximum Gasteiger partial charge on any atom is 0.154 e. The average Bonchev–Trinajstić information content (AvgIpc) is 2.19. The molecule has 3 heteroatoms. The minimum atomic E-state index is -0.623. The van der Waals surface area contributed by atoms with Crippen molar-refractivity contribution in [2.45, 2.75) is 25.7 Å². The standard InChI is InChI=1S/C12H12BrNO/c1-2-4-12(15)11(8-14)9-5-3-6-10(13)7-9/h3,5-7,11H,2,4H2,1H3. The molecule has 0 saturated carbocycles. The monoisotopic (exact) mass is 265 g/mol. The fraction of sp³-hybridized carbons (Fsp3) is 0.333. The maximum atomic E-state index is 11.6. The van der Waals surface area contributed by atoms with Gasteiger partial charge in [0, 0.05) is 10.9 Å². The molecule has 0 aliphatic carbocycles. The van der Waals surface area contributed by atoms with Crippen LogP contribution in [0, 0.1) is 11.3 Å². The van der Waals surface area contributed by atoms with Crippen LogP contribution in [0.1, 0.15) is 31.2 Å². The van der Waals surface area contributed by atoms with Crippen LogP contribution in [0.3, 0.4) is 0 Å². The maximum absolute atomic E-state index is 11.6. The Bertz CT molecular complexity index is 395. The summed E-state index contributed by atoms with van der Waals surface area (Å²) in [5, 5.41) is 8.98. The zero-order valence-corrected chi connectivity index (χ0v) is 10.1. The molecule has 1 atom stereocenters. The zero-order valence-electron chi connectivity index (χ0n) is 8.53. The highest BCUT2D eigenvalue weighted by Gasteiger charge is 2.18. The van der Waals surface area contributed by atoms with Crippen LogP contribution in [0.15, 0.2) is 28.7 Å². The Kier molecular flexibility index (Phi) is 4.51. The molecule has 0 N–H and O–H groups in total. The average molecular weight is 266 g/mol. The third-order valence-corrected chi connectivity index (χ3v) is 2.62. The van der Waals surface area contributed by atoms with Crippen LogP contribution in [0.2, 0.25) is 0 Å². The summed E-state index contributed by atoms with van der Waals surface area (Å²) < 4.78 is 0.893. The first-order valence-electron chi connectivity index (χ1n) is 4.86. The number of nitriles is 1. The summed E-state index contributed by atoms with van der Waals surface area (Å²) >= 11 is 3.33. The lowest BCUT2D eigenvalue weighted by atomic mass is 9.94. The lowest BCUT2D eigenvalue weighted by Crippen LogP contribution is -2.10. The van der Waals surface area contributed by atoms with E-state index >= 15 is 0 Å². The summed E-state index contributed by atoms with van der Waals surface area (Å²) in [7, 11) is 0. The molecule has 0 bridgehead atoms. The van der Waals surface area contributed by atoms with Gasteiger partial charge in [-0.3, -0.25) is 4.79 Å². The molecule has 78 valence electrons. The Labute approximate surface area is 98.0 Å². The number of benzene rings is 1. The van der Waals surface area contributed by atoms with Gasteiger partial charge in [0.05, 0.1) is 6.07 Å². The summed E-state index contributed by atoms with van der Waals surface area (Å²) in [6, 6.07) is 9.41. The molecule has 0 amide bonds. The third kappa shape index (κ3) is 3.17. The molecule has 15 heavy (non-hydrogen) atoms. The highest BCUT2D eigenvalue weighted by molar-refractivity contribution is 9.10. The Balaban J connectivity index is 2.93. The predicted octanol–water partition coefficient (Wildman–Crippen LogP) is 3.43. The van der Waals surface area contributed by atoms with Gasteiger partial charge in [-0.1, -0.05) is 35.0 Å². The third-order valence-electron chi connectivity index (χ3n) is 2.13. The lowest BCUT2D eigenvalue weighted by molar-refractivity contribution is -0.119. The second-order valence-electron chi connectivity index (χ2n) is 3.33. The molecule has 1 aromatic rings. The van der Waals surface area contributed by atoms with Gasteiger partial charge in [-0.2, -0.15) is 5.26 Å². The van der Waals surface area contributed by atoms with E-state index in [1.807, 2.05) is 31.2 Å². The molecule has 0 aromatic heterocycles. The van der Waals surface area contributed by atoms with Crippen molar-refractivity contribution in [3.8, 4) is 6.07 Å². The van der Waals surface area contributed by atoms with Crippen molar-refractivity contribution in [3.05, 3.63) is 34.3 Å². The van der Waals surface area contributed by atoms with Gasteiger partial charge >= 0.3 is 0 Å². The van der Waals surface area contributed by atoms with E-state index in [1.165, 1.54) is 0 Å². The highest BCUT2D eigenvalue weighted by atomic mass is 79.9. The van der Waals surface area contributed by atoms with Gasteiger partial charge < -0.3 is 0 Å². The first-order chi connectivity index (χ1) is 7.19. The topological polar surface area (TPSA) is 40.9 Å². The van der Waals surface area contributed by atoms with Gasteiger partial charge in [-0.05, 0) is 24.1 Å². The Morgan fingerprint density at radius 2 is 2.33 bits per heavy atom. The number of nitrogens with zero attached hydrogens (tertiary/aromatic N) is 1.